The highest BCUT2D eigenvalue weighted by molar-refractivity contribution is 7.92. The number of Topliss-reactive ketones (excluding diaryl/α,β-unsaturated/α-hetero) is 1. The zero-order valence-electron chi connectivity index (χ0n) is 72.2. The minimum absolute atomic E-state index is 0.0291. The third-order valence-corrected chi connectivity index (χ3v) is 34.2. The van der Waals surface area contributed by atoms with E-state index in [1.807, 2.05) is 170 Å². The van der Waals surface area contributed by atoms with Gasteiger partial charge < -0.3 is 25.3 Å². The monoisotopic (exact) mass is 1700 g/mol. The number of carbonyl (C=O) groups is 2. The SMILES string of the molecule is C[C@H]1[C@H](/C=C/c2ccc(-c3ccccc3C#N)cn2)[C@H]2[C@@H](C[C@@H]1C)CS(=O)(=O)[C@@H]2CO.C[C@H]1[C@H](/C=C/c2ccc(-c3ccccc3C#N)cn2)[C@H]2[C@@H](C[C@@H]1C)N(C)C(=O)[C@@H]2CO.C[C@H]1[C@H](/C=C/c2ccc(-c3ccccc3C#N)cn2)[C@H]2[C@@H](C[C@@H]1C)N(C)S(=O)(=O)[C@@H]2CO.C[C@H]1[C@H](/C=C/c2ccc(-c3ccccc3C#N)cn2)[C@H]2[C@H](CC(=O)[C@@H]2CO)C[C@@H]1C. The maximum absolute atomic E-state index is 12.9. The fraction of sp³-hybridized carbons (Fsp3) is 0.431. The highest BCUT2D eigenvalue weighted by Crippen LogP contribution is 2.55. The van der Waals surface area contributed by atoms with Crippen molar-refractivity contribution in [2.45, 2.75) is 110 Å². The van der Waals surface area contributed by atoms with Crippen molar-refractivity contribution in [3.8, 4) is 68.8 Å². The molecule has 0 radical (unpaired) electrons. The summed E-state index contributed by atoms with van der Waals surface area (Å²) in [5, 5.41) is 75.4. The lowest BCUT2D eigenvalue weighted by Gasteiger charge is -2.43. The molecule has 3 saturated heterocycles. The number of hydrogen-bond acceptors (Lipinski definition) is 18. The van der Waals surface area contributed by atoms with Crippen molar-refractivity contribution in [3.05, 3.63) is 240 Å². The van der Waals surface area contributed by atoms with Gasteiger partial charge in [-0.3, -0.25) is 29.5 Å². The molecule has 5 aliphatic carbocycles. The van der Waals surface area contributed by atoms with Crippen LogP contribution in [-0.2, 0) is 29.4 Å². The van der Waals surface area contributed by atoms with E-state index in [-0.39, 0.29) is 121 Å². The van der Waals surface area contributed by atoms with Crippen molar-refractivity contribution in [1.82, 2.24) is 29.1 Å². The van der Waals surface area contributed by atoms with E-state index in [2.05, 4.69) is 124 Å². The van der Waals surface area contributed by atoms with E-state index >= 15 is 0 Å². The van der Waals surface area contributed by atoms with E-state index < -0.39 is 30.4 Å². The first kappa shape index (κ1) is 91.0. The van der Waals surface area contributed by atoms with Gasteiger partial charge in [0.25, 0.3) is 0 Å². The van der Waals surface area contributed by atoms with Crippen LogP contribution in [0.15, 0.2) is 195 Å². The number of nitriles is 4. The van der Waals surface area contributed by atoms with E-state index in [0.29, 0.717) is 81.9 Å². The van der Waals surface area contributed by atoms with Crippen LogP contribution < -0.4 is 0 Å². The Hall–Kier alpha value is -10.8. The minimum Gasteiger partial charge on any atom is -0.396 e. The molecule has 8 aliphatic rings. The number of sulfonamides is 1. The number of pyridine rings is 4. The average Bonchev–Trinajstić information content (AvgIpc) is 1.57. The second-order valence-corrected chi connectivity index (χ2v) is 40.5. The van der Waals surface area contributed by atoms with Crippen LogP contribution in [0.5, 0.6) is 0 Å². The third-order valence-electron chi connectivity index (χ3n) is 29.6. The topological polar surface area (TPSA) is 337 Å². The molecule has 4 aromatic carbocycles. The van der Waals surface area contributed by atoms with Crippen molar-refractivity contribution in [3.63, 3.8) is 0 Å². The maximum atomic E-state index is 12.9. The third kappa shape index (κ3) is 18.8. The molecule has 3 aliphatic heterocycles. The Balaban J connectivity index is 0.000000142. The molecule has 4 N–H and O–H groups in total. The minimum atomic E-state index is -3.50. The summed E-state index contributed by atoms with van der Waals surface area (Å²) in [5.41, 5.74) is 12.8. The molecule has 644 valence electrons. The fourth-order valence-electron chi connectivity index (χ4n) is 22.0. The Labute approximate surface area is 731 Å². The summed E-state index contributed by atoms with van der Waals surface area (Å²) in [4.78, 5) is 45.2. The molecule has 7 heterocycles. The van der Waals surface area contributed by atoms with Gasteiger partial charge in [0.1, 0.15) is 11.0 Å². The number of aliphatic hydroxyl groups is 4. The van der Waals surface area contributed by atoms with E-state index in [1.54, 1.807) is 44.0 Å². The number of carbonyl (C=O) groups excluding carboxylic acids is 2. The second kappa shape index (κ2) is 39.6. The van der Waals surface area contributed by atoms with Crippen LogP contribution in [-0.4, -0.2) is 147 Å². The first-order chi connectivity index (χ1) is 59.6. The number of fused-ring (bicyclic) bond motifs is 4. The van der Waals surface area contributed by atoms with Gasteiger partial charge in [0.05, 0.1) is 113 Å². The van der Waals surface area contributed by atoms with E-state index in [0.717, 1.165) is 93.0 Å². The van der Waals surface area contributed by atoms with Crippen LogP contribution in [0.1, 0.15) is 133 Å². The van der Waals surface area contributed by atoms with Gasteiger partial charge in [-0.05, 0) is 199 Å². The summed E-state index contributed by atoms with van der Waals surface area (Å²) in [6.45, 7) is 17.0. The second-order valence-electron chi connectivity index (χ2n) is 36.0. The van der Waals surface area contributed by atoms with E-state index in [9.17, 15) is 67.9 Å². The van der Waals surface area contributed by atoms with Crippen molar-refractivity contribution in [1.29, 1.82) is 21.0 Å². The van der Waals surface area contributed by atoms with Crippen LogP contribution in [0, 0.1) is 164 Å². The molecule has 24 atom stereocenters. The lowest BCUT2D eigenvalue weighted by Crippen LogP contribution is -2.45. The first-order valence-electron chi connectivity index (χ1n) is 43.6. The van der Waals surface area contributed by atoms with Gasteiger partial charge in [0.2, 0.25) is 15.9 Å². The molecular formula is C102H114N10O10S2. The molecule has 22 heteroatoms. The van der Waals surface area contributed by atoms with Crippen molar-refractivity contribution < 1.29 is 46.9 Å². The molecule has 1 amide bonds. The Bertz CT molecular complexity index is 5680. The average molecular weight is 1700 g/mol. The van der Waals surface area contributed by atoms with Gasteiger partial charge in [-0.15, -0.1) is 0 Å². The highest BCUT2D eigenvalue weighted by Gasteiger charge is 2.59. The summed E-state index contributed by atoms with van der Waals surface area (Å²) >= 11 is 0. The zero-order valence-corrected chi connectivity index (χ0v) is 73.9. The van der Waals surface area contributed by atoms with Gasteiger partial charge in [-0.1, -0.05) is 177 Å². The molecular weight excluding hydrogens is 1590 g/mol. The number of nitrogens with zero attached hydrogens (tertiary/aromatic N) is 10. The summed E-state index contributed by atoms with van der Waals surface area (Å²) in [6, 6.07) is 54.5. The number of sulfone groups is 1. The number of aliphatic hydroxyl groups excluding tert-OH is 4. The Kier molecular flexibility index (Phi) is 29.1. The van der Waals surface area contributed by atoms with Gasteiger partial charge in [-0.25, -0.2) is 21.1 Å². The van der Waals surface area contributed by atoms with E-state index in [4.69, 9.17) is 0 Å². The number of ketones is 1. The van der Waals surface area contributed by atoms with Gasteiger partial charge >= 0.3 is 0 Å². The molecule has 124 heavy (non-hydrogen) atoms. The molecule has 16 rings (SSSR count). The fourth-order valence-corrected chi connectivity index (χ4v) is 26.3. The quantitative estimate of drug-likeness (QED) is 0.0698. The zero-order chi connectivity index (χ0) is 88.6. The van der Waals surface area contributed by atoms with Crippen molar-refractivity contribution >= 4 is 55.9 Å². The van der Waals surface area contributed by atoms with Crippen LogP contribution in [0.3, 0.4) is 0 Å². The van der Waals surface area contributed by atoms with Gasteiger partial charge in [-0.2, -0.15) is 21.0 Å². The lowest BCUT2D eigenvalue weighted by atomic mass is 9.62. The molecule has 0 bridgehead atoms. The molecule has 0 spiro atoms. The molecule has 0 unspecified atom stereocenters. The molecule has 4 aromatic heterocycles. The Morgan fingerprint density at radius 3 is 1.07 bits per heavy atom. The number of benzene rings is 4. The molecule has 8 aromatic rings. The number of amides is 1. The summed E-state index contributed by atoms with van der Waals surface area (Å²) in [5.74, 6) is 4.58. The first-order valence-corrected chi connectivity index (χ1v) is 46.8. The Morgan fingerprint density at radius 2 is 0.726 bits per heavy atom. The predicted octanol–water partition coefficient (Wildman–Crippen LogP) is 16.2. The molecule has 20 nitrogen and oxygen atoms in total. The van der Waals surface area contributed by atoms with Crippen LogP contribution >= 0.6 is 0 Å². The maximum Gasteiger partial charge on any atom is 0.228 e. The smallest absolute Gasteiger partial charge is 0.228 e. The molecule has 8 fully saturated rings. The van der Waals surface area contributed by atoms with E-state index in [1.165, 1.54) is 4.31 Å². The summed E-state index contributed by atoms with van der Waals surface area (Å²) in [6.07, 6.45) is 28.1. The van der Waals surface area contributed by atoms with Crippen molar-refractivity contribution in [2.24, 2.45) is 118 Å². The van der Waals surface area contributed by atoms with Crippen molar-refractivity contribution in [2.75, 3.05) is 46.3 Å². The Morgan fingerprint density at radius 1 is 0.395 bits per heavy atom. The van der Waals surface area contributed by atoms with Crippen LogP contribution in [0.4, 0.5) is 0 Å². The standard InChI is InChI=1S/C26H29N3O2.C26H28N2O2.C25H29N3O3S.C25H28N2O3S/c1-16-12-24-25(23(15-30)26(31)29(24)3)21(17(16)2)11-10-20-9-8-19(14-28-20)22-7-5-4-6-18(22)13-27;1-16-11-20-12-25(30)24(15-29)26(20)22(17(16)2)10-9-21-8-7-19(14-28-21)23-6-4-3-5-18(23)13-27;1-16-12-23-25(24(15-29)32(30,31)28(23)3)21(17(16)2)11-10-20-9-8-19(14-27-20)22-7-5-4-6-18(22)13-26;1-16-11-20-15-31(29,30)24(14-28)25(20)22(17(16)2)10-9-21-8-7-19(13-27-21)23-6-4-3-5-18(23)12-26/h4-11,14,16-17,21,23-25,30H,12,15H2,1-3H3;3-10,14,16-17,20,22,24,26,29H,11-12,15H2,1-2H3;4-11,14,16-17,21,23-25,29H,12,15H2,1-3H3;3-10,13,16-17,20,22,24-25,28H,11,14-15H2,1-2H3/b11-10+;10-9+;11-10+;10-9+/t16-,17+,21-,23+,24+,25+;16-,17+,20-,22-,24-,26+;16-,17+,21-,23+,24+,25-;16-,17+,20-,22-,24+,25+/m0000/s1. The summed E-state index contributed by atoms with van der Waals surface area (Å²) < 4.78 is 52.4. The van der Waals surface area contributed by atoms with Gasteiger partial charge in [0.15, 0.2) is 9.84 Å². The number of allylic oxidation sites excluding steroid dienone is 4. The number of likely N-dealkylation sites (tertiary alicyclic amines) is 1. The number of hydrogen-bond donors (Lipinski definition) is 4. The number of rotatable bonds is 16. The highest BCUT2D eigenvalue weighted by atomic mass is 32.2. The lowest BCUT2D eigenvalue weighted by molar-refractivity contribution is -0.132. The largest absolute Gasteiger partial charge is 0.396 e. The summed E-state index contributed by atoms with van der Waals surface area (Å²) in [7, 11) is -3.23. The molecule has 5 saturated carbocycles. The van der Waals surface area contributed by atoms with Gasteiger partial charge in [0, 0.05) is 114 Å². The predicted molar refractivity (Wildman–Crippen MR) is 484 cm³/mol. The normalized spacial score (nSPS) is 31.3. The van der Waals surface area contributed by atoms with Crippen LogP contribution in [0.25, 0.3) is 68.8 Å². The number of aromatic nitrogens is 4. The van der Waals surface area contributed by atoms with Crippen LogP contribution in [0.2, 0.25) is 0 Å².